The van der Waals surface area contributed by atoms with Gasteiger partial charge in [0, 0.05) is 18.9 Å². The molecule has 1 aromatic heterocycles. The second kappa shape index (κ2) is 6.61. The molecule has 0 radical (unpaired) electrons. The van der Waals surface area contributed by atoms with Crippen LogP contribution in [0.1, 0.15) is 24.8 Å². The number of pyridine rings is 1. The molecule has 1 fully saturated rings. The van der Waals surface area contributed by atoms with Crippen LogP contribution < -0.4 is 10.6 Å². The zero-order valence-electron chi connectivity index (χ0n) is 9.78. The molecule has 3 heteroatoms. The Balaban J connectivity index is 1.58. The van der Waals surface area contributed by atoms with Crippen molar-refractivity contribution in [1.29, 1.82) is 0 Å². The van der Waals surface area contributed by atoms with Crippen LogP contribution in [0.4, 0.5) is 0 Å². The first-order valence-electron chi connectivity index (χ1n) is 6.25. The average Bonchev–Trinajstić information content (AvgIpc) is 2.37. The van der Waals surface area contributed by atoms with E-state index in [1.165, 1.54) is 37.9 Å². The van der Waals surface area contributed by atoms with Crippen molar-refractivity contribution in [2.75, 3.05) is 19.6 Å². The first kappa shape index (κ1) is 11.6. The van der Waals surface area contributed by atoms with E-state index in [9.17, 15) is 0 Å². The quantitative estimate of drug-likeness (QED) is 0.738. The molecule has 1 aromatic rings. The predicted octanol–water partition coefficient (Wildman–Crippen LogP) is 1.56. The normalized spacial score (nSPS) is 17.5. The van der Waals surface area contributed by atoms with Crippen molar-refractivity contribution in [3.8, 4) is 0 Å². The van der Waals surface area contributed by atoms with Gasteiger partial charge in [0.05, 0.1) is 0 Å². The zero-order valence-corrected chi connectivity index (χ0v) is 9.78. The summed E-state index contributed by atoms with van der Waals surface area (Å²) in [6.45, 7) is 4.47. The minimum Gasteiger partial charge on any atom is -0.317 e. The molecule has 0 aromatic carbocycles. The first-order valence-corrected chi connectivity index (χ1v) is 6.25. The highest BCUT2D eigenvalue weighted by Crippen LogP contribution is 2.14. The topological polar surface area (TPSA) is 37.0 Å². The van der Waals surface area contributed by atoms with Gasteiger partial charge in [-0.15, -0.1) is 0 Å². The third kappa shape index (κ3) is 3.91. The highest BCUT2D eigenvalue weighted by Gasteiger charge is 2.11. The molecular weight excluding hydrogens is 198 g/mol. The largest absolute Gasteiger partial charge is 0.317 e. The van der Waals surface area contributed by atoms with E-state index < -0.39 is 0 Å². The van der Waals surface area contributed by atoms with Crippen molar-refractivity contribution in [2.45, 2.75) is 25.8 Å². The summed E-state index contributed by atoms with van der Waals surface area (Å²) in [7, 11) is 0. The Morgan fingerprint density at radius 2 is 2.25 bits per heavy atom. The highest BCUT2D eigenvalue weighted by molar-refractivity contribution is 5.07. The van der Waals surface area contributed by atoms with Crippen molar-refractivity contribution in [3.63, 3.8) is 0 Å². The van der Waals surface area contributed by atoms with Crippen molar-refractivity contribution in [2.24, 2.45) is 5.92 Å². The van der Waals surface area contributed by atoms with Crippen LogP contribution >= 0.6 is 0 Å². The number of hydrogen-bond donors (Lipinski definition) is 2. The third-order valence-electron chi connectivity index (χ3n) is 3.24. The third-order valence-corrected chi connectivity index (χ3v) is 3.24. The lowest BCUT2D eigenvalue weighted by Gasteiger charge is -2.22. The maximum absolute atomic E-state index is 4.10. The van der Waals surface area contributed by atoms with Gasteiger partial charge in [-0.1, -0.05) is 6.07 Å². The molecule has 16 heavy (non-hydrogen) atoms. The summed E-state index contributed by atoms with van der Waals surface area (Å²) in [6, 6.07) is 4.11. The molecular formula is C13H21N3. The molecule has 1 saturated heterocycles. The molecule has 0 aliphatic carbocycles. The van der Waals surface area contributed by atoms with Gasteiger partial charge in [0.15, 0.2) is 0 Å². The molecule has 1 aliphatic heterocycles. The second-order valence-corrected chi connectivity index (χ2v) is 4.52. The van der Waals surface area contributed by atoms with Crippen LogP contribution in [-0.4, -0.2) is 24.6 Å². The van der Waals surface area contributed by atoms with Crippen LogP contribution in [0.3, 0.4) is 0 Å². The van der Waals surface area contributed by atoms with Crippen molar-refractivity contribution in [1.82, 2.24) is 15.6 Å². The maximum Gasteiger partial charge on any atom is 0.0312 e. The number of rotatable bonds is 5. The lowest BCUT2D eigenvalue weighted by Crippen LogP contribution is -2.29. The monoisotopic (exact) mass is 219 g/mol. The Kier molecular flexibility index (Phi) is 4.77. The SMILES string of the molecule is c1cncc(CNCCC2CCNCC2)c1. The van der Waals surface area contributed by atoms with E-state index in [0.717, 1.165) is 19.0 Å². The van der Waals surface area contributed by atoms with Crippen LogP contribution in [0.2, 0.25) is 0 Å². The molecule has 2 heterocycles. The molecule has 0 atom stereocenters. The predicted molar refractivity (Wildman–Crippen MR) is 66.2 cm³/mol. The second-order valence-electron chi connectivity index (χ2n) is 4.52. The van der Waals surface area contributed by atoms with Gasteiger partial charge in [0.25, 0.3) is 0 Å². The minimum atomic E-state index is 0.919. The molecule has 0 amide bonds. The van der Waals surface area contributed by atoms with E-state index in [2.05, 4.69) is 21.7 Å². The van der Waals surface area contributed by atoms with Crippen molar-refractivity contribution >= 4 is 0 Å². The van der Waals surface area contributed by atoms with Gasteiger partial charge in [-0.3, -0.25) is 4.98 Å². The van der Waals surface area contributed by atoms with Crippen molar-refractivity contribution in [3.05, 3.63) is 30.1 Å². The van der Waals surface area contributed by atoms with E-state index in [0.29, 0.717) is 0 Å². The molecule has 3 nitrogen and oxygen atoms in total. The lowest BCUT2D eigenvalue weighted by atomic mass is 9.95. The van der Waals surface area contributed by atoms with Crippen LogP contribution in [0.5, 0.6) is 0 Å². The maximum atomic E-state index is 4.10. The van der Waals surface area contributed by atoms with Gasteiger partial charge in [0.2, 0.25) is 0 Å². The fourth-order valence-corrected chi connectivity index (χ4v) is 2.21. The lowest BCUT2D eigenvalue weighted by molar-refractivity contribution is 0.348. The summed E-state index contributed by atoms with van der Waals surface area (Å²) in [6.07, 6.45) is 7.74. The Hall–Kier alpha value is -0.930. The van der Waals surface area contributed by atoms with E-state index in [1.807, 2.05) is 18.5 Å². The smallest absolute Gasteiger partial charge is 0.0312 e. The summed E-state index contributed by atoms with van der Waals surface area (Å²) in [4.78, 5) is 4.10. The van der Waals surface area contributed by atoms with Crippen molar-refractivity contribution < 1.29 is 0 Å². The highest BCUT2D eigenvalue weighted by atomic mass is 14.9. The summed E-state index contributed by atoms with van der Waals surface area (Å²) in [5.41, 5.74) is 1.27. The van der Waals surface area contributed by atoms with Gasteiger partial charge in [-0.2, -0.15) is 0 Å². The molecule has 2 rings (SSSR count). The summed E-state index contributed by atoms with van der Waals surface area (Å²) < 4.78 is 0. The number of piperidine rings is 1. The zero-order chi connectivity index (χ0) is 11.1. The average molecular weight is 219 g/mol. The summed E-state index contributed by atoms with van der Waals surface area (Å²) in [5.74, 6) is 0.919. The molecule has 88 valence electrons. The Morgan fingerprint density at radius 1 is 1.38 bits per heavy atom. The number of hydrogen-bond acceptors (Lipinski definition) is 3. The van der Waals surface area contributed by atoms with Gasteiger partial charge < -0.3 is 10.6 Å². The molecule has 1 aliphatic rings. The first-order chi connectivity index (χ1) is 7.95. The molecule has 0 bridgehead atoms. The van der Waals surface area contributed by atoms with Gasteiger partial charge in [0.1, 0.15) is 0 Å². The minimum absolute atomic E-state index is 0.919. The van der Waals surface area contributed by atoms with Crippen LogP contribution in [0.15, 0.2) is 24.5 Å². The Labute approximate surface area is 97.7 Å². The Morgan fingerprint density at radius 3 is 3.00 bits per heavy atom. The van der Waals surface area contributed by atoms with Crippen LogP contribution in [0, 0.1) is 5.92 Å². The molecule has 2 N–H and O–H groups in total. The van der Waals surface area contributed by atoms with Crippen LogP contribution in [-0.2, 0) is 6.54 Å². The summed E-state index contributed by atoms with van der Waals surface area (Å²) >= 11 is 0. The standard InChI is InChI=1S/C13H21N3/c1-2-13(10-15-6-1)11-16-9-5-12-3-7-14-8-4-12/h1-2,6,10,12,14,16H,3-5,7-9,11H2. The number of nitrogens with zero attached hydrogens (tertiary/aromatic N) is 1. The van der Waals surface area contributed by atoms with Gasteiger partial charge in [-0.05, 0) is 56.4 Å². The van der Waals surface area contributed by atoms with E-state index in [1.54, 1.807) is 0 Å². The van der Waals surface area contributed by atoms with E-state index in [-0.39, 0.29) is 0 Å². The fourth-order valence-electron chi connectivity index (χ4n) is 2.21. The van der Waals surface area contributed by atoms with E-state index >= 15 is 0 Å². The van der Waals surface area contributed by atoms with E-state index in [4.69, 9.17) is 0 Å². The molecule has 0 unspecified atom stereocenters. The van der Waals surface area contributed by atoms with Gasteiger partial charge in [-0.25, -0.2) is 0 Å². The fraction of sp³-hybridized carbons (Fsp3) is 0.615. The summed E-state index contributed by atoms with van der Waals surface area (Å²) in [5, 5.41) is 6.89. The number of aromatic nitrogens is 1. The van der Waals surface area contributed by atoms with Gasteiger partial charge >= 0.3 is 0 Å². The van der Waals surface area contributed by atoms with Crippen LogP contribution in [0.25, 0.3) is 0 Å². The number of nitrogens with one attached hydrogen (secondary N) is 2. The Bertz CT molecular complexity index is 280. The molecule has 0 spiro atoms. The molecule has 0 saturated carbocycles.